The van der Waals surface area contributed by atoms with Crippen molar-refractivity contribution in [1.29, 1.82) is 0 Å². The van der Waals surface area contributed by atoms with Crippen LogP contribution in [0.1, 0.15) is 37.3 Å². The van der Waals surface area contributed by atoms with Crippen molar-refractivity contribution in [1.82, 2.24) is 10.2 Å². The Morgan fingerprint density at radius 3 is 2.71 bits per heavy atom. The summed E-state index contributed by atoms with van der Waals surface area (Å²) in [5, 5.41) is 13.4. The summed E-state index contributed by atoms with van der Waals surface area (Å²) in [6, 6.07) is 6.96. The molecule has 0 heterocycles. The highest BCUT2D eigenvalue weighted by Crippen LogP contribution is 2.30. The number of nitrogens with one attached hydrogen (secondary N) is 1. The third-order valence-corrected chi connectivity index (χ3v) is 5.19. The molecule has 1 saturated carbocycles. The zero-order valence-corrected chi connectivity index (χ0v) is 14.8. The molecule has 1 aromatic rings. The lowest BCUT2D eigenvalue weighted by Gasteiger charge is -2.38. The van der Waals surface area contributed by atoms with Crippen LogP contribution in [0.2, 0.25) is 5.02 Å². The quantitative estimate of drug-likeness (QED) is 0.729. The van der Waals surface area contributed by atoms with E-state index in [1.807, 2.05) is 19.2 Å². The molecule has 21 heavy (non-hydrogen) atoms. The third kappa shape index (κ3) is 4.67. The third-order valence-electron chi connectivity index (χ3n) is 4.37. The van der Waals surface area contributed by atoms with Crippen LogP contribution >= 0.6 is 27.5 Å². The SMILES string of the molecule is CNC(CCN(CCO)C1CCC1)c1ccc(Br)cc1Cl. The molecule has 1 atom stereocenters. The first-order valence-corrected chi connectivity index (χ1v) is 8.80. The van der Waals surface area contributed by atoms with Crippen LogP contribution in [0.5, 0.6) is 0 Å². The first kappa shape index (κ1) is 17.2. The molecule has 1 unspecified atom stereocenters. The Morgan fingerprint density at radius 2 is 2.19 bits per heavy atom. The van der Waals surface area contributed by atoms with Crippen molar-refractivity contribution in [3.63, 3.8) is 0 Å². The summed E-state index contributed by atoms with van der Waals surface area (Å²) >= 11 is 9.80. The molecule has 5 heteroatoms. The summed E-state index contributed by atoms with van der Waals surface area (Å²) in [4.78, 5) is 2.42. The van der Waals surface area contributed by atoms with Gasteiger partial charge in [-0.3, -0.25) is 4.90 Å². The largest absolute Gasteiger partial charge is 0.395 e. The van der Waals surface area contributed by atoms with E-state index in [0.29, 0.717) is 6.04 Å². The monoisotopic (exact) mass is 374 g/mol. The summed E-state index contributed by atoms with van der Waals surface area (Å²) in [5.41, 5.74) is 1.14. The average molecular weight is 376 g/mol. The van der Waals surface area contributed by atoms with Gasteiger partial charge in [0.25, 0.3) is 0 Å². The zero-order valence-electron chi connectivity index (χ0n) is 12.5. The van der Waals surface area contributed by atoms with Gasteiger partial charge in [0.05, 0.1) is 6.61 Å². The van der Waals surface area contributed by atoms with E-state index in [-0.39, 0.29) is 12.6 Å². The second-order valence-corrected chi connectivity index (χ2v) is 6.96. The second-order valence-electron chi connectivity index (χ2n) is 5.64. The Morgan fingerprint density at radius 1 is 1.43 bits per heavy atom. The van der Waals surface area contributed by atoms with E-state index in [1.165, 1.54) is 19.3 Å². The van der Waals surface area contributed by atoms with Gasteiger partial charge in [0, 0.05) is 34.7 Å². The van der Waals surface area contributed by atoms with E-state index in [9.17, 15) is 5.11 Å². The molecular formula is C16H24BrClN2O. The van der Waals surface area contributed by atoms with E-state index < -0.39 is 0 Å². The molecule has 118 valence electrons. The molecular weight excluding hydrogens is 352 g/mol. The normalized spacial score (nSPS) is 17.0. The molecule has 1 aliphatic carbocycles. The zero-order chi connectivity index (χ0) is 15.2. The van der Waals surface area contributed by atoms with E-state index >= 15 is 0 Å². The minimum absolute atomic E-state index is 0.236. The fourth-order valence-corrected chi connectivity index (χ4v) is 3.70. The summed E-state index contributed by atoms with van der Waals surface area (Å²) in [7, 11) is 1.97. The Hall–Kier alpha value is -0.130. The second kappa shape index (κ2) is 8.49. The van der Waals surface area contributed by atoms with Gasteiger partial charge in [-0.25, -0.2) is 0 Å². The van der Waals surface area contributed by atoms with E-state index in [4.69, 9.17) is 11.6 Å². The molecule has 0 aromatic heterocycles. The minimum atomic E-state index is 0.236. The van der Waals surface area contributed by atoms with Crippen LogP contribution in [-0.4, -0.2) is 42.8 Å². The highest BCUT2D eigenvalue weighted by atomic mass is 79.9. The number of aliphatic hydroxyl groups is 1. The molecule has 0 amide bonds. The van der Waals surface area contributed by atoms with Crippen LogP contribution in [0, 0.1) is 0 Å². The van der Waals surface area contributed by atoms with Gasteiger partial charge in [-0.1, -0.05) is 40.0 Å². The number of benzene rings is 1. The molecule has 0 aliphatic heterocycles. The van der Waals surface area contributed by atoms with Gasteiger partial charge in [-0.05, 0) is 44.0 Å². The van der Waals surface area contributed by atoms with Gasteiger partial charge in [-0.15, -0.1) is 0 Å². The lowest BCUT2D eigenvalue weighted by molar-refractivity contribution is 0.0972. The molecule has 1 aliphatic rings. The molecule has 0 bridgehead atoms. The van der Waals surface area contributed by atoms with Gasteiger partial charge in [0.2, 0.25) is 0 Å². The molecule has 0 saturated heterocycles. The first-order valence-electron chi connectivity index (χ1n) is 7.62. The number of hydrogen-bond acceptors (Lipinski definition) is 3. The topological polar surface area (TPSA) is 35.5 Å². The van der Waals surface area contributed by atoms with Crippen molar-refractivity contribution in [3.05, 3.63) is 33.3 Å². The summed E-state index contributed by atoms with van der Waals surface area (Å²) < 4.78 is 1.00. The highest BCUT2D eigenvalue weighted by molar-refractivity contribution is 9.10. The van der Waals surface area contributed by atoms with E-state index in [0.717, 1.165) is 34.6 Å². The van der Waals surface area contributed by atoms with Crippen LogP contribution in [-0.2, 0) is 0 Å². The van der Waals surface area contributed by atoms with Crippen molar-refractivity contribution in [2.75, 3.05) is 26.7 Å². The predicted octanol–water partition coefficient (Wildman–Crippen LogP) is 3.60. The molecule has 2 rings (SSSR count). The Bertz CT molecular complexity index is 454. The number of rotatable bonds is 8. The lowest BCUT2D eigenvalue weighted by Crippen LogP contribution is -2.43. The van der Waals surface area contributed by atoms with Gasteiger partial charge in [-0.2, -0.15) is 0 Å². The summed E-state index contributed by atoms with van der Waals surface area (Å²) in [6.07, 6.45) is 4.85. The Kier molecular flexibility index (Phi) is 6.96. The molecule has 0 radical (unpaired) electrons. The molecule has 3 nitrogen and oxygen atoms in total. The molecule has 0 spiro atoms. The lowest BCUT2D eigenvalue weighted by atomic mass is 9.91. The van der Waals surface area contributed by atoms with Gasteiger partial charge in [0.15, 0.2) is 0 Å². The fraction of sp³-hybridized carbons (Fsp3) is 0.625. The first-order chi connectivity index (χ1) is 10.2. The van der Waals surface area contributed by atoms with Crippen molar-refractivity contribution in [2.45, 2.75) is 37.8 Å². The van der Waals surface area contributed by atoms with Crippen molar-refractivity contribution in [2.24, 2.45) is 0 Å². The van der Waals surface area contributed by atoms with E-state index in [2.05, 4.69) is 32.2 Å². The maximum absolute atomic E-state index is 9.24. The van der Waals surface area contributed by atoms with Gasteiger partial charge >= 0.3 is 0 Å². The van der Waals surface area contributed by atoms with E-state index in [1.54, 1.807) is 0 Å². The van der Waals surface area contributed by atoms with Crippen LogP contribution in [0.15, 0.2) is 22.7 Å². The molecule has 1 aromatic carbocycles. The highest BCUT2D eigenvalue weighted by Gasteiger charge is 2.25. The van der Waals surface area contributed by atoms with Crippen LogP contribution in [0.3, 0.4) is 0 Å². The van der Waals surface area contributed by atoms with Crippen LogP contribution < -0.4 is 5.32 Å². The minimum Gasteiger partial charge on any atom is -0.395 e. The molecule has 1 fully saturated rings. The number of nitrogens with zero attached hydrogens (tertiary/aromatic N) is 1. The van der Waals surface area contributed by atoms with Crippen LogP contribution in [0.4, 0.5) is 0 Å². The number of aliphatic hydroxyl groups excluding tert-OH is 1. The summed E-state index contributed by atoms with van der Waals surface area (Å²) in [6.45, 7) is 2.00. The smallest absolute Gasteiger partial charge is 0.0558 e. The summed E-state index contributed by atoms with van der Waals surface area (Å²) in [5.74, 6) is 0. The molecule has 2 N–H and O–H groups in total. The van der Waals surface area contributed by atoms with Crippen molar-refractivity contribution in [3.8, 4) is 0 Å². The van der Waals surface area contributed by atoms with Crippen molar-refractivity contribution >= 4 is 27.5 Å². The maximum Gasteiger partial charge on any atom is 0.0558 e. The number of hydrogen-bond donors (Lipinski definition) is 2. The average Bonchev–Trinajstić information content (AvgIpc) is 2.39. The standard InChI is InChI=1S/C16H24BrClN2O/c1-19-16(14-6-5-12(17)11-15(14)18)7-8-20(9-10-21)13-3-2-4-13/h5-6,11,13,16,19,21H,2-4,7-10H2,1H3. The van der Waals surface area contributed by atoms with Gasteiger partial charge < -0.3 is 10.4 Å². The Balaban J connectivity index is 1.97. The van der Waals surface area contributed by atoms with Crippen molar-refractivity contribution < 1.29 is 5.11 Å². The predicted molar refractivity (Wildman–Crippen MR) is 91.9 cm³/mol. The van der Waals surface area contributed by atoms with Gasteiger partial charge in [0.1, 0.15) is 0 Å². The fourth-order valence-electron chi connectivity index (χ4n) is 2.89. The maximum atomic E-state index is 9.24. The Labute approximate surface area is 140 Å². The van der Waals surface area contributed by atoms with Crippen LogP contribution in [0.25, 0.3) is 0 Å². The number of halogens is 2.